The van der Waals surface area contributed by atoms with E-state index in [1.165, 1.54) is 0 Å². The molecule has 1 saturated heterocycles. The molecule has 1 fully saturated rings. The van der Waals surface area contributed by atoms with Crippen molar-refractivity contribution in [3.8, 4) is 0 Å². The lowest BCUT2D eigenvalue weighted by molar-refractivity contribution is -0.936. The quantitative estimate of drug-likeness (QED) is 0.745. The lowest BCUT2D eigenvalue weighted by Crippen LogP contribution is -3.16. The molecule has 1 aliphatic heterocycles. The van der Waals surface area contributed by atoms with Crippen LogP contribution in [0.2, 0.25) is 0 Å². The Morgan fingerprint density at radius 2 is 1.83 bits per heavy atom. The molecule has 6 nitrogen and oxygen atoms in total. The molecule has 0 saturated carbocycles. The molecule has 0 radical (unpaired) electrons. The van der Waals surface area contributed by atoms with E-state index < -0.39 is 12.1 Å². The zero-order valence-corrected chi connectivity index (χ0v) is 14.0. The van der Waals surface area contributed by atoms with Crippen molar-refractivity contribution >= 4 is 11.9 Å². The van der Waals surface area contributed by atoms with Crippen LogP contribution in [-0.2, 0) is 9.53 Å². The van der Waals surface area contributed by atoms with E-state index in [1.54, 1.807) is 0 Å². The number of nitrogens with one attached hydrogen (secondary N) is 3. The van der Waals surface area contributed by atoms with Gasteiger partial charge in [0.1, 0.15) is 25.3 Å². The van der Waals surface area contributed by atoms with Crippen molar-refractivity contribution in [1.82, 2.24) is 10.6 Å². The van der Waals surface area contributed by atoms with Crippen molar-refractivity contribution < 1.29 is 19.2 Å². The molecule has 1 aromatic carbocycles. The molecule has 1 aromatic rings. The minimum atomic E-state index is -0.452. The van der Waals surface area contributed by atoms with Crippen LogP contribution in [0, 0.1) is 0 Å². The Morgan fingerprint density at radius 1 is 1.22 bits per heavy atom. The van der Waals surface area contributed by atoms with Crippen molar-refractivity contribution in [1.29, 1.82) is 0 Å². The molecule has 3 amide bonds. The van der Waals surface area contributed by atoms with E-state index >= 15 is 0 Å². The molecule has 0 aromatic heterocycles. The van der Waals surface area contributed by atoms with Gasteiger partial charge in [-0.3, -0.25) is 10.1 Å². The molecule has 1 heterocycles. The number of hydrogen-bond donors (Lipinski definition) is 3. The van der Waals surface area contributed by atoms with E-state index in [2.05, 4.69) is 10.6 Å². The van der Waals surface area contributed by atoms with E-state index in [1.807, 2.05) is 51.1 Å². The number of amides is 3. The van der Waals surface area contributed by atoms with Gasteiger partial charge >= 0.3 is 6.03 Å². The molecular weight excluding hydrogens is 294 g/mol. The second kappa shape index (κ2) is 8.08. The number of morpholine rings is 1. The molecule has 3 atom stereocenters. The fraction of sp³-hybridized carbons (Fsp3) is 0.529. The molecule has 0 spiro atoms. The molecule has 0 aliphatic carbocycles. The van der Waals surface area contributed by atoms with Crippen LogP contribution in [0.5, 0.6) is 0 Å². The van der Waals surface area contributed by atoms with E-state index in [9.17, 15) is 9.59 Å². The highest BCUT2D eigenvalue weighted by Gasteiger charge is 2.37. The summed E-state index contributed by atoms with van der Waals surface area (Å²) in [7, 11) is 0. The number of quaternary nitrogens is 1. The van der Waals surface area contributed by atoms with Crippen LogP contribution in [0.25, 0.3) is 0 Å². The smallest absolute Gasteiger partial charge is 0.321 e. The van der Waals surface area contributed by atoms with Gasteiger partial charge in [0.05, 0.1) is 0 Å². The Balaban J connectivity index is 2.21. The van der Waals surface area contributed by atoms with E-state index in [4.69, 9.17) is 4.74 Å². The molecule has 2 rings (SSSR count). The third-order valence-corrected chi connectivity index (χ3v) is 3.94. The number of imide groups is 1. The summed E-state index contributed by atoms with van der Waals surface area (Å²) < 4.78 is 5.77. The van der Waals surface area contributed by atoms with E-state index in [0.29, 0.717) is 6.54 Å². The summed E-state index contributed by atoms with van der Waals surface area (Å²) in [6, 6.07) is 8.73. The normalized spacial score (nSPS) is 25.4. The predicted octanol–water partition coefficient (Wildman–Crippen LogP) is 0.266. The predicted molar refractivity (Wildman–Crippen MR) is 87.1 cm³/mol. The molecule has 126 valence electrons. The Bertz CT molecular complexity index is 525. The first kappa shape index (κ1) is 17.4. The van der Waals surface area contributed by atoms with Crippen LogP contribution in [0.4, 0.5) is 4.79 Å². The molecule has 6 heteroatoms. The van der Waals surface area contributed by atoms with Crippen LogP contribution in [0.1, 0.15) is 32.4 Å². The van der Waals surface area contributed by atoms with Crippen LogP contribution in [-0.4, -0.2) is 43.8 Å². The van der Waals surface area contributed by atoms with Crippen LogP contribution in [0.15, 0.2) is 30.3 Å². The van der Waals surface area contributed by atoms with Crippen molar-refractivity contribution in [2.75, 3.05) is 19.6 Å². The van der Waals surface area contributed by atoms with Crippen molar-refractivity contribution in [3.05, 3.63) is 35.9 Å². The molecule has 3 N–H and O–H groups in total. The summed E-state index contributed by atoms with van der Waals surface area (Å²) in [6.45, 7) is 7.78. The Labute approximate surface area is 137 Å². The van der Waals surface area contributed by atoms with Gasteiger partial charge in [-0.25, -0.2) is 4.79 Å². The van der Waals surface area contributed by atoms with Crippen molar-refractivity contribution in [3.63, 3.8) is 0 Å². The van der Waals surface area contributed by atoms with Gasteiger partial charge in [0.15, 0.2) is 6.04 Å². The first-order valence-electron chi connectivity index (χ1n) is 8.15. The van der Waals surface area contributed by atoms with Crippen molar-refractivity contribution in [2.45, 2.75) is 39.0 Å². The van der Waals surface area contributed by atoms with Crippen LogP contribution < -0.4 is 15.5 Å². The van der Waals surface area contributed by atoms with Gasteiger partial charge in [0, 0.05) is 12.1 Å². The SMILES string of the molecule is CCNC(=O)NC(=O)[C@H](c1ccccc1)[NH+]1C[C@@H](C)O[C@H](C)C1. The standard InChI is InChI=1S/C17H25N3O3/c1-4-18-17(22)19-16(21)15(14-8-6-5-7-9-14)20-10-12(2)23-13(3)11-20/h5-9,12-13,15H,4,10-11H2,1-3H3,(H2,18,19,21,22)/p+1/t12-,13-,15+/m1/s1. The number of carbonyl (C=O) groups excluding carboxylic acids is 2. The first-order chi connectivity index (χ1) is 11.0. The van der Waals surface area contributed by atoms with Gasteiger partial charge in [-0.05, 0) is 20.8 Å². The monoisotopic (exact) mass is 320 g/mol. The fourth-order valence-electron chi connectivity index (χ4n) is 3.16. The summed E-state index contributed by atoms with van der Waals surface area (Å²) in [5.41, 5.74) is 0.908. The molecule has 1 aliphatic rings. The van der Waals surface area contributed by atoms with Crippen LogP contribution in [0.3, 0.4) is 0 Å². The van der Waals surface area contributed by atoms with Gasteiger partial charge < -0.3 is 15.0 Å². The third-order valence-electron chi connectivity index (χ3n) is 3.94. The molecular formula is C17H26N3O3+. The van der Waals surface area contributed by atoms with Gasteiger partial charge in [-0.2, -0.15) is 0 Å². The maximum Gasteiger partial charge on any atom is 0.321 e. The molecule has 0 bridgehead atoms. The van der Waals surface area contributed by atoms with E-state index in [0.717, 1.165) is 23.6 Å². The third kappa shape index (κ3) is 4.77. The Morgan fingerprint density at radius 3 is 2.39 bits per heavy atom. The fourth-order valence-corrected chi connectivity index (χ4v) is 3.16. The average molecular weight is 320 g/mol. The zero-order valence-electron chi connectivity index (χ0n) is 14.0. The minimum absolute atomic E-state index is 0.0808. The number of benzene rings is 1. The van der Waals surface area contributed by atoms with Crippen LogP contribution >= 0.6 is 0 Å². The van der Waals surface area contributed by atoms with Gasteiger partial charge in [0.25, 0.3) is 5.91 Å². The van der Waals surface area contributed by atoms with Gasteiger partial charge in [0.2, 0.25) is 0 Å². The van der Waals surface area contributed by atoms with E-state index in [-0.39, 0.29) is 18.1 Å². The zero-order chi connectivity index (χ0) is 16.8. The highest BCUT2D eigenvalue weighted by molar-refractivity contribution is 5.96. The Hall–Kier alpha value is -1.92. The minimum Gasteiger partial charge on any atom is -0.364 e. The van der Waals surface area contributed by atoms with Gasteiger partial charge in [-0.15, -0.1) is 0 Å². The second-order valence-corrected chi connectivity index (χ2v) is 6.02. The molecule has 23 heavy (non-hydrogen) atoms. The maximum atomic E-state index is 12.7. The summed E-state index contributed by atoms with van der Waals surface area (Å²) in [5, 5.41) is 5.05. The maximum absolute atomic E-state index is 12.7. The Kier molecular flexibility index (Phi) is 6.12. The lowest BCUT2D eigenvalue weighted by atomic mass is 10.0. The highest BCUT2D eigenvalue weighted by Crippen LogP contribution is 2.12. The number of rotatable bonds is 4. The summed E-state index contributed by atoms with van der Waals surface area (Å²) in [4.78, 5) is 25.5. The summed E-state index contributed by atoms with van der Waals surface area (Å²) >= 11 is 0. The first-order valence-corrected chi connectivity index (χ1v) is 8.15. The van der Waals surface area contributed by atoms with Crippen molar-refractivity contribution in [2.24, 2.45) is 0 Å². The summed E-state index contributed by atoms with van der Waals surface area (Å²) in [6.07, 6.45) is 0.162. The lowest BCUT2D eigenvalue weighted by Gasteiger charge is -2.36. The number of hydrogen-bond acceptors (Lipinski definition) is 3. The average Bonchev–Trinajstić information content (AvgIpc) is 2.47. The second-order valence-electron chi connectivity index (χ2n) is 6.02. The summed E-state index contributed by atoms with van der Waals surface area (Å²) in [5.74, 6) is -0.279. The number of ether oxygens (including phenoxy) is 1. The largest absolute Gasteiger partial charge is 0.364 e. The molecule has 0 unspecified atom stereocenters. The number of carbonyl (C=O) groups is 2. The van der Waals surface area contributed by atoms with Gasteiger partial charge in [-0.1, -0.05) is 30.3 Å². The highest BCUT2D eigenvalue weighted by atomic mass is 16.5. The number of urea groups is 1. The topological polar surface area (TPSA) is 71.9 Å².